The molecule has 0 amide bonds. The number of hydrogen-bond donors (Lipinski definition) is 1. The topological polar surface area (TPSA) is 68.3 Å². The van der Waals surface area contributed by atoms with Gasteiger partial charge in [0, 0.05) is 18.1 Å². The summed E-state index contributed by atoms with van der Waals surface area (Å²) in [4.78, 5) is 5.25. The van der Waals surface area contributed by atoms with E-state index in [-0.39, 0.29) is 17.2 Å². The van der Waals surface area contributed by atoms with E-state index >= 15 is 0 Å². The lowest BCUT2D eigenvalue weighted by Crippen LogP contribution is -2.43. The van der Waals surface area contributed by atoms with E-state index in [1.165, 1.54) is 16.9 Å². The van der Waals surface area contributed by atoms with E-state index in [9.17, 15) is 8.42 Å². The minimum atomic E-state index is -3.39. The molecule has 1 atom stereocenters. The highest BCUT2D eigenvalue weighted by Gasteiger charge is 2.48. The van der Waals surface area contributed by atoms with Crippen LogP contribution in [0.25, 0.3) is 0 Å². The zero-order valence-electron chi connectivity index (χ0n) is 14.9. The van der Waals surface area contributed by atoms with Gasteiger partial charge in [0.1, 0.15) is 0 Å². The Hall–Kier alpha value is -1.28. The standard InChI is InChI=1S/C19H24N2O3S2/c1-14-17(25-13-20-14)6-11-26(22,23)21-18-16-5-3-2-4-15(16)12-19(18)7-9-24-10-8-19/h2-5,13,18,21H,6-12H2,1H3. The van der Waals surface area contributed by atoms with E-state index in [1.807, 2.05) is 19.1 Å². The summed E-state index contributed by atoms with van der Waals surface area (Å²) in [5.74, 6) is 0.0985. The van der Waals surface area contributed by atoms with Gasteiger partial charge < -0.3 is 4.74 Å². The van der Waals surface area contributed by atoms with E-state index in [0.29, 0.717) is 19.6 Å². The van der Waals surface area contributed by atoms with Crippen LogP contribution in [-0.2, 0) is 27.6 Å². The van der Waals surface area contributed by atoms with Crippen LogP contribution in [0.4, 0.5) is 0 Å². The third-order valence-corrected chi connectivity index (χ3v) is 8.08. The van der Waals surface area contributed by atoms with Gasteiger partial charge in [0.05, 0.1) is 23.0 Å². The lowest BCUT2D eigenvalue weighted by Gasteiger charge is -2.39. The Balaban J connectivity index is 1.56. The van der Waals surface area contributed by atoms with Crippen LogP contribution < -0.4 is 4.72 Å². The maximum atomic E-state index is 12.9. The number of thiazole rings is 1. The molecular weight excluding hydrogens is 368 g/mol. The molecule has 5 nitrogen and oxygen atoms in total. The number of aryl methyl sites for hydroxylation is 2. The van der Waals surface area contributed by atoms with Gasteiger partial charge in [-0.05, 0) is 49.1 Å². The molecule has 1 aromatic carbocycles. The first-order valence-electron chi connectivity index (χ1n) is 9.04. The molecule has 1 N–H and O–H groups in total. The summed E-state index contributed by atoms with van der Waals surface area (Å²) < 4.78 is 34.4. The highest BCUT2D eigenvalue weighted by Crippen LogP contribution is 2.51. The zero-order valence-corrected chi connectivity index (χ0v) is 16.5. The molecular formula is C19H24N2O3S2. The van der Waals surface area contributed by atoms with Crippen LogP contribution >= 0.6 is 11.3 Å². The Morgan fingerprint density at radius 1 is 1.31 bits per heavy atom. The summed E-state index contributed by atoms with van der Waals surface area (Å²) >= 11 is 1.52. The van der Waals surface area contributed by atoms with Crippen molar-refractivity contribution in [1.82, 2.24) is 9.71 Å². The summed E-state index contributed by atoms with van der Waals surface area (Å²) in [7, 11) is -3.39. The molecule has 140 valence electrons. The van der Waals surface area contributed by atoms with Crippen molar-refractivity contribution in [3.8, 4) is 0 Å². The fourth-order valence-corrected chi connectivity index (χ4v) is 6.49. The van der Waals surface area contributed by atoms with Gasteiger partial charge in [-0.2, -0.15) is 0 Å². The highest BCUT2D eigenvalue weighted by atomic mass is 32.2. The smallest absolute Gasteiger partial charge is 0.212 e. The van der Waals surface area contributed by atoms with Crippen molar-refractivity contribution in [2.45, 2.75) is 38.6 Å². The first-order chi connectivity index (χ1) is 12.5. The SMILES string of the molecule is Cc1ncsc1CCS(=O)(=O)NC1c2ccccc2CC12CCOCC2. The van der Waals surface area contributed by atoms with Crippen LogP contribution in [0, 0.1) is 12.3 Å². The molecule has 4 rings (SSSR count). The van der Waals surface area contributed by atoms with Crippen LogP contribution in [0.3, 0.4) is 0 Å². The van der Waals surface area contributed by atoms with Crippen molar-refractivity contribution in [2.75, 3.05) is 19.0 Å². The largest absolute Gasteiger partial charge is 0.381 e. The molecule has 2 aliphatic rings. The summed E-state index contributed by atoms with van der Waals surface area (Å²) in [6, 6.07) is 8.07. The number of aromatic nitrogens is 1. The molecule has 1 aliphatic heterocycles. The van der Waals surface area contributed by atoms with Crippen molar-refractivity contribution in [1.29, 1.82) is 0 Å². The molecule has 1 aliphatic carbocycles. The Morgan fingerprint density at radius 2 is 2.08 bits per heavy atom. The van der Waals surface area contributed by atoms with Gasteiger partial charge in [-0.15, -0.1) is 11.3 Å². The number of fused-ring (bicyclic) bond motifs is 1. The number of nitrogens with zero attached hydrogens (tertiary/aromatic N) is 1. The van der Waals surface area contributed by atoms with Gasteiger partial charge in [0.25, 0.3) is 0 Å². The molecule has 2 aromatic rings. The monoisotopic (exact) mass is 392 g/mol. The molecule has 2 heterocycles. The zero-order chi connectivity index (χ0) is 18.2. The summed E-state index contributed by atoms with van der Waals surface area (Å²) in [6.07, 6.45) is 3.22. The number of sulfonamides is 1. The maximum absolute atomic E-state index is 12.9. The molecule has 26 heavy (non-hydrogen) atoms. The number of hydrogen-bond acceptors (Lipinski definition) is 5. The molecule has 1 fully saturated rings. The quantitative estimate of drug-likeness (QED) is 0.849. The first-order valence-corrected chi connectivity index (χ1v) is 11.6. The lowest BCUT2D eigenvalue weighted by molar-refractivity contribution is 0.00411. The van der Waals surface area contributed by atoms with Crippen molar-refractivity contribution < 1.29 is 13.2 Å². The molecule has 0 saturated carbocycles. The van der Waals surface area contributed by atoms with Crippen LogP contribution in [-0.4, -0.2) is 32.4 Å². The third-order valence-electron chi connectivity index (χ3n) is 5.75. The average Bonchev–Trinajstić information content (AvgIpc) is 3.16. The summed E-state index contributed by atoms with van der Waals surface area (Å²) in [6.45, 7) is 3.33. The van der Waals surface area contributed by atoms with Crippen LogP contribution in [0.2, 0.25) is 0 Å². The highest BCUT2D eigenvalue weighted by molar-refractivity contribution is 7.89. The second-order valence-electron chi connectivity index (χ2n) is 7.33. The third kappa shape index (κ3) is 3.45. The predicted octanol–water partition coefficient (Wildman–Crippen LogP) is 3.01. The van der Waals surface area contributed by atoms with Gasteiger partial charge in [0.15, 0.2) is 0 Å². The van der Waals surface area contributed by atoms with E-state index < -0.39 is 10.0 Å². The minimum absolute atomic E-state index is 0.0601. The van der Waals surface area contributed by atoms with Crippen LogP contribution in [0.15, 0.2) is 29.8 Å². The van der Waals surface area contributed by atoms with Gasteiger partial charge in [-0.1, -0.05) is 24.3 Å². The fraction of sp³-hybridized carbons (Fsp3) is 0.526. The molecule has 0 radical (unpaired) electrons. The molecule has 1 aromatic heterocycles. The van der Waals surface area contributed by atoms with Crippen molar-refractivity contribution in [2.24, 2.45) is 5.41 Å². The van der Waals surface area contributed by atoms with Gasteiger partial charge in [-0.25, -0.2) is 18.1 Å². The molecule has 1 saturated heterocycles. The second-order valence-corrected chi connectivity index (χ2v) is 10.1. The number of rotatable bonds is 5. The number of benzene rings is 1. The van der Waals surface area contributed by atoms with Crippen molar-refractivity contribution >= 4 is 21.4 Å². The normalized spacial score (nSPS) is 21.8. The lowest BCUT2D eigenvalue weighted by atomic mass is 9.75. The van der Waals surface area contributed by atoms with E-state index in [0.717, 1.165) is 35.4 Å². The van der Waals surface area contributed by atoms with Gasteiger partial charge >= 0.3 is 0 Å². The van der Waals surface area contributed by atoms with E-state index in [4.69, 9.17) is 4.74 Å². The molecule has 0 bridgehead atoms. The average molecular weight is 393 g/mol. The summed E-state index contributed by atoms with van der Waals surface area (Å²) in [5.41, 5.74) is 5.04. The Bertz CT molecular complexity index is 886. The van der Waals surface area contributed by atoms with Gasteiger partial charge in [-0.3, -0.25) is 0 Å². The molecule has 1 spiro atoms. The minimum Gasteiger partial charge on any atom is -0.381 e. The molecule has 1 unspecified atom stereocenters. The Kier molecular flexibility index (Phi) is 4.90. The van der Waals surface area contributed by atoms with Crippen LogP contribution in [0.1, 0.15) is 40.6 Å². The van der Waals surface area contributed by atoms with E-state index in [2.05, 4.69) is 21.8 Å². The van der Waals surface area contributed by atoms with Gasteiger partial charge in [0.2, 0.25) is 10.0 Å². The first kappa shape index (κ1) is 18.1. The van der Waals surface area contributed by atoms with E-state index in [1.54, 1.807) is 5.51 Å². The van der Waals surface area contributed by atoms with Crippen molar-refractivity contribution in [3.63, 3.8) is 0 Å². The summed E-state index contributed by atoms with van der Waals surface area (Å²) in [5, 5.41) is 0. The second kappa shape index (κ2) is 7.03. The fourth-order valence-electron chi connectivity index (χ4n) is 4.25. The van der Waals surface area contributed by atoms with Crippen molar-refractivity contribution in [3.05, 3.63) is 51.5 Å². The number of ether oxygens (including phenoxy) is 1. The number of nitrogens with one attached hydrogen (secondary N) is 1. The molecule has 7 heteroatoms. The van der Waals surface area contributed by atoms with Crippen LogP contribution in [0.5, 0.6) is 0 Å². The Labute approximate surface area is 158 Å². The maximum Gasteiger partial charge on any atom is 0.212 e. The predicted molar refractivity (Wildman–Crippen MR) is 103 cm³/mol. The Morgan fingerprint density at radius 3 is 2.81 bits per heavy atom.